The summed E-state index contributed by atoms with van der Waals surface area (Å²) in [5.74, 6) is 0.948. The van der Waals surface area contributed by atoms with Crippen LogP contribution in [0.2, 0.25) is 0 Å². The van der Waals surface area contributed by atoms with Crippen molar-refractivity contribution in [2.75, 3.05) is 32.7 Å². The molecule has 0 bridgehead atoms. The van der Waals surface area contributed by atoms with E-state index in [0.717, 1.165) is 57.9 Å². The summed E-state index contributed by atoms with van der Waals surface area (Å²) in [6, 6.07) is 8.24. The van der Waals surface area contributed by atoms with Crippen LogP contribution in [0.25, 0.3) is 0 Å². The molecule has 0 saturated carbocycles. The van der Waals surface area contributed by atoms with Gasteiger partial charge in [0, 0.05) is 24.7 Å². The second kappa shape index (κ2) is 12.8. The maximum Gasteiger partial charge on any atom is 0.119 e. The highest BCUT2D eigenvalue weighted by Gasteiger charge is 1.96. The van der Waals surface area contributed by atoms with Crippen molar-refractivity contribution in [3.8, 4) is 5.75 Å². The van der Waals surface area contributed by atoms with Gasteiger partial charge in [-0.15, -0.1) is 11.8 Å². The molecule has 1 aromatic rings. The summed E-state index contributed by atoms with van der Waals surface area (Å²) in [7, 11) is 0. The van der Waals surface area contributed by atoms with E-state index in [1.54, 1.807) is 11.8 Å². The molecule has 0 aliphatic heterocycles. The minimum atomic E-state index is 0.331. The lowest BCUT2D eigenvalue weighted by molar-refractivity contribution is 0.0658. The second-order valence-electron chi connectivity index (χ2n) is 5.47. The fourth-order valence-corrected chi connectivity index (χ4v) is 2.30. The summed E-state index contributed by atoms with van der Waals surface area (Å²) in [6.45, 7) is 7.37. The molecule has 1 aromatic carbocycles. The van der Waals surface area contributed by atoms with Gasteiger partial charge in [0.05, 0.1) is 12.7 Å². The lowest BCUT2D eigenvalue weighted by Gasteiger charge is -2.08. The molecule has 0 aromatic heterocycles. The van der Waals surface area contributed by atoms with Crippen LogP contribution in [0, 0.1) is 0 Å². The van der Waals surface area contributed by atoms with Crippen LogP contribution in [0.15, 0.2) is 29.2 Å². The van der Waals surface area contributed by atoms with Gasteiger partial charge in [-0.05, 0) is 70.1 Å². The molecular weight excluding hydrogens is 296 g/mol. The molecule has 0 aliphatic carbocycles. The molecular formula is C18H30O3S. The van der Waals surface area contributed by atoms with Crippen LogP contribution in [-0.2, 0) is 9.47 Å². The second-order valence-corrected chi connectivity index (χ2v) is 6.35. The Balaban J connectivity index is 1.87. The molecule has 0 heterocycles. The average Bonchev–Trinajstić information content (AvgIpc) is 2.53. The van der Waals surface area contributed by atoms with Crippen molar-refractivity contribution in [3.63, 3.8) is 0 Å². The zero-order valence-electron chi connectivity index (χ0n) is 14.2. The molecule has 126 valence electrons. The number of hydrogen-bond acceptors (Lipinski definition) is 4. The highest BCUT2D eigenvalue weighted by atomic mass is 32.2. The first kappa shape index (κ1) is 19.3. The molecule has 0 atom stereocenters. The fraction of sp³-hybridized carbons (Fsp3) is 0.667. The SMILES string of the molecule is CSc1ccc(OCCCCOCCCCOC(C)C)cc1. The zero-order valence-corrected chi connectivity index (χ0v) is 15.0. The van der Waals surface area contributed by atoms with Crippen molar-refractivity contribution in [1.82, 2.24) is 0 Å². The third kappa shape index (κ3) is 10.1. The summed E-state index contributed by atoms with van der Waals surface area (Å²) in [5.41, 5.74) is 0. The van der Waals surface area contributed by atoms with Crippen molar-refractivity contribution >= 4 is 11.8 Å². The molecule has 0 radical (unpaired) electrons. The maximum absolute atomic E-state index is 5.71. The van der Waals surface area contributed by atoms with E-state index in [1.807, 2.05) is 12.1 Å². The van der Waals surface area contributed by atoms with Gasteiger partial charge in [-0.3, -0.25) is 0 Å². The van der Waals surface area contributed by atoms with Crippen molar-refractivity contribution < 1.29 is 14.2 Å². The molecule has 0 unspecified atom stereocenters. The summed E-state index contributed by atoms with van der Waals surface area (Å²) < 4.78 is 16.8. The Morgan fingerprint density at radius 2 is 1.45 bits per heavy atom. The van der Waals surface area contributed by atoms with Crippen LogP contribution >= 0.6 is 11.8 Å². The summed E-state index contributed by atoms with van der Waals surface area (Å²) in [6.07, 6.45) is 6.63. The van der Waals surface area contributed by atoms with Gasteiger partial charge < -0.3 is 14.2 Å². The minimum absolute atomic E-state index is 0.331. The summed E-state index contributed by atoms with van der Waals surface area (Å²) >= 11 is 1.74. The zero-order chi connectivity index (χ0) is 16.0. The van der Waals surface area contributed by atoms with E-state index < -0.39 is 0 Å². The summed E-state index contributed by atoms with van der Waals surface area (Å²) in [5, 5.41) is 0. The topological polar surface area (TPSA) is 27.7 Å². The van der Waals surface area contributed by atoms with Gasteiger partial charge in [-0.25, -0.2) is 0 Å². The van der Waals surface area contributed by atoms with E-state index in [2.05, 4.69) is 32.2 Å². The Labute approximate surface area is 139 Å². The third-order valence-electron chi connectivity index (χ3n) is 3.15. The minimum Gasteiger partial charge on any atom is -0.494 e. The molecule has 0 fully saturated rings. The largest absolute Gasteiger partial charge is 0.494 e. The van der Waals surface area contributed by atoms with E-state index in [4.69, 9.17) is 14.2 Å². The fourth-order valence-electron chi connectivity index (χ4n) is 1.90. The first-order valence-corrected chi connectivity index (χ1v) is 9.41. The predicted octanol–water partition coefficient (Wildman–Crippen LogP) is 4.79. The lowest BCUT2D eigenvalue weighted by atomic mass is 10.3. The van der Waals surface area contributed by atoms with E-state index in [9.17, 15) is 0 Å². The Morgan fingerprint density at radius 1 is 0.864 bits per heavy atom. The van der Waals surface area contributed by atoms with Gasteiger partial charge in [0.2, 0.25) is 0 Å². The lowest BCUT2D eigenvalue weighted by Crippen LogP contribution is -2.05. The number of benzene rings is 1. The standard InChI is InChI=1S/C18H30O3S/c1-16(2)20-14-6-4-12-19-13-5-7-15-21-17-8-10-18(22-3)11-9-17/h8-11,16H,4-7,12-15H2,1-3H3. The maximum atomic E-state index is 5.71. The van der Waals surface area contributed by atoms with E-state index in [-0.39, 0.29) is 0 Å². The number of hydrogen-bond donors (Lipinski definition) is 0. The van der Waals surface area contributed by atoms with Gasteiger partial charge in [-0.1, -0.05) is 0 Å². The Morgan fingerprint density at radius 3 is 2.05 bits per heavy atom. The quantitative estimate of drug-likeness (QED) is 0.385. The van der Waals surface area contributed by atoms with Gasteiger partial charge in [0.15, 0.2) is 0 Å². The van der Waals surface area contributed by atoms with Crippen LogP contribution in [0.5, 0.6) is 5.75 Å². The molecule has 0 N–H and O–H groups in total. The molecule has 0 spiro atoms. The van der Waals surface area contributed by atoms with Crippen molar-refractivity contribution in [3.05, 3.63) is 24.3 Å². The first-order valence-electron chi connectivity index (χ1n) is 8.18. The van der Waals surface area contributed by atoms with Crippen LogP contribution < -0.4 is 4.74 Å². The molecule has 4 heteroatoms. The van der Waals surface area contributed by atoms with Gasteiger partial charge in [0.1, 0.15) is 5.75 Å². The molecule has 22 heavy (non-hydrogen) atoms. The van der Waals surface area contributed by atoms with Crippen LogP contribution in [0.1, 0.15) is 39.5 Å². The van der Waals surface area contributed by atoms with Crippen molar-refractivity contribution in [2.24, 2.45) is 0 Å². The van der Waals surface area contributed by atoms with E-state index in [0.29, 0.717) is 6.10 Å². The number of unbranched alkanes of at least 4 members (excludes halogenated alkanes) is 2. The Kier molecular flexibility index (Phi) is 11.2. The van der Waals surface area contributed by atoms with Crippen LogP contribution in [0.4, 0.5) is 0 Å². The van der Waals surface area contributed by atoms with E-state index in [1.165, 1.54) is 4.90 Å². The molecule has 0 amide bonds. The molecule has 3 nitrogen and oxygen atoms in total. The van der Waals surface area contributed by atoms with Gasteiger partial charge >= 0.3 is 0 Å². The number of rotatable bonds is 13. The summed E-state index contributed by atoms with van der Waals surface area (Å²) in [4.78, 5) is 1.26. The Hall–Kier alpha value is -0.710. The molecule has 0 aliphatic rings. The number of thioether (sulfide) groups is 1. The molecule has 1 rings (SSSR count). The van der Waals surface area contributed by atoms with Gasteiger partial charge in [0.25, 0.3) is 0 Å². The van der Waals surface area contributed by atoms with E-state index >= 15 is 0 Å². The first-order chi connectivity index (χ1) is 10.7. The Bertz CT molecular complexity index is 365. The van der Waals surface area contributed by atoms with Gasteiger partial charge in [-0.2, -0.15) is 0 Å². The van der Waals surface area contributed by atoms with Crippen molar-refractivity contribution in [2.45, 2.75) is 50.5 Å². The average molecular weight is 327 g/mol. The third-order valence-corrected chi connectivity index (χ3v) is 3.89. The normalized spacial score (nSPS) is 11.1. The monoisotopic (exact) mass is 326 g/mol. The highest BCUT2D eigenvalue weighted by molar-refractivity contribution is 7.98. The van der Waals surface area contributed by atoms with Crippen LogP contribution in [0.3, 0.4) is 0 Å². The van der Waals surface area contributed by atoms with Crippen LogP contribution in [-0.4, -0.2) is 38.8 Å². The smallest absolute Gasteiger partial charge is 0.119 e. The number of ether oxygens (including phenoxy) is 3. The van der Waals surface area contributed by atoms with Crippen molar-refractivity contribution in [1.29, 1.82) is 0 Å². The highest BCUT2D eigenvalue weighted by Crippen LogP contribution is 2.19. The predicted molar refractivity (Wildman–Crippen MR) is 94.1 cm³/mol. The molecule has 0 saturated heterocycles.